The second kappa shape index (κ2) is 4.23. The molecule has 1 rings (SSSR count). The normalized spacial score (nSPS) is 19.1. The lowest BCUT2D eigenvalue weighted by Gasteiger charge is -2.23. The highest BCUT2D eigenvalue weighted by Crippen LogP contribution is 2.08. The lowest BCUT2D eigenvalue weighted by atomic mass is 10.2. The predicted molar refractivity (Wildman–Crippen MR) is 46.2 cm³/mol. The molecule has 1 N–H and O–H groups in total. The van der Waals surface area contributed by atoms with Crippen molar-refractivity contribution in [3.05, 3.63) is 0 Å². The standard InChI is InChI=1S/C8H14N2O3/c1-3-6(5-13-2)10-4-7(11)9-8(10)12/h6H,3-5H2,1-2H3,(H,9,11,12). The van der Waals surface area contributed by atoms with Gasteiger partial charge < -0.3 is 9.64 Å². The molecule has 0 aliphatic carbocycles. The van der Waals surface area contributed by atoms with Crippen molar-refractivity contribution in [3.63, 3.8) is 0 Å². The lowest BCUT2D eigenvalue weighted by Crippen LogP contribution is -2.40. The van der Waals surface area contributed by atoms with Crippen LogP contribution in [0.25, 0.3) is 0 Å². The summed E-state index contributed by atoms with van der Waals surface area (Å²) >= 11 is 0. The van der Waals surface area contributed by atoms with Gasteiger partial charge in [0.25, 0.3) is 0 Å². The molecule has 0 aromatic heterocycles. The van der Waals surface area contributed by atoms with E-state index < -0.39 is 0 Å². The van der Waals surface area contributed by atoms with Gasteiger partial charge in [-0.2, -0.15) is 0 Å². The van der Waals surface area contributed by atoms with Crippen LogP contribution in [0.4, 0.5) is 4.79 Å². The number of hydrogen-bond donors (Lipinski definition) is 1. The van der Waals surface area contributed by atoms with Gasteiger partial charge in [-0.1, -0.05) is 6.92 Å². The molecule has 1 fully saturated rings. The molecular weight excluding hydrogens is 172 g/mol. The third kappa shape index (κ3) is 2.18. The molecule has 13 heavy (non-hydrogen) atoms. The van der Waals surface area contributed by atoms with Crippen LogP contribution in [0.3, 0.4) is 0 Å². The van der Waals surface area contributed by atoms with Crippen LogP contribution in [0, 0.1) is 0 Å². The number of imide groups is 1. The molecule has 0 bridgehead atoms. The Balaban J connectivity index is 2.58. The van der Waals surface area contributed by atoms with Gasteiger partial charge in [0.2, 0.25) is 5.91 Å². The quantitative estimate of drug-likeness (QED) is 0.627. The van der Waals surface area contributed by atoms with Gasteiger partial charge in [-0.25, -0.2) is 4.79 Å². The molecule has 1 aliphatic heterocycles. The Morgan fingerprint density at radius 3 is 2.69 bits per heavy atom. The van der Waals surface area contributed by atoms with Crippen LogP contribution in [0.1, 0.15) is 13.3 Å². The van der Waals surface area contributed by atoms with E-state index in [9.17, 15) is 9.59 Å². The molecule has 0 saturated carbocycles. The van der Waals surface area contributed by atoms with Crippen molar-refractivity contribution in [2.45, 2.75) is 19.4 Å². The summed E-state index contributed by atoms with van der Waals surface area (Å²) in [5.41, 5.74) is 0. The fraction of sp³-hybridized carbons (Fsp3) is 0.750. The number of hydrogen-bond acceptors (Lipinski definition) is 3. The van der Waals surface area contributed by atoms with Gasteiger partial charge >= 0.3 is 6.03 Å². The average molecular weight is 186 g/mol. The summed E-state index contributed by atoms with van der Waals surface area (Å²) in [5, 5.41) is 2.23. The topological polar surface area (TPSA) is 58.6 Å². The zero-order chi connectivity index (χ0) is 9.84. The monoisotopic (exact) mass is 186 g/mol. The highest BCUT2D eigenvalue weighted by molar-refractivity contribution is 6.02. The fourth-order valence-corrected chi connectivity index (χ4v) is 1.37. The number of nitrogens with zero attached hydrogens (tertiary/aromatic N) is 1. The molecule has 3 amide bonds. The van der Waals surface area contributed by atoms with Gasteiger partial charge in [0.15, 0.2) is 0 Å². The van der Waals surface area contributed by atoms with E-state index in [0.29, 0.717) is 6.61 Å². The molecule has 0 spiro atoms. The van der Waals surface area contributed by atoms with E-state index in [0.717, 1.165) is 6.42 Å². The summed E-state index contributed by atoms with van der Waals surface area (Å²) in [4.78, 5) is 23.6. The first-order valence-electron chi connectivity index (χ1n) is 4.28. The molecule has 1 atom stereocenters. The number of urea groups is 1. The number of nitrogens with one attached hydrogen (secondary N) is 1. The lowest BCUT2D eigenvalue weighted by molar-refractivity contribution is -0.118. The van der Waals surface area contributed by atoms with E-state index >= 15 is 0 Å². The minimum absolute atomic E-state index is 0.00329. The van der Waals surface area contributed by atoms with Gasteiger partial charge in [0.1, 0.15) is 6.54 Å². The summed E-state index contributed by atoms with van der Waals surface area (Å²) in [7, 11) is 1.58. The Bertz CT molecular complexity index is 217. The van der Waals surface area contributed by atoms with Crippen molar-refractivity contribution in [2.75, 3.05) is 20.3 Å². The fourth-order valence-electron chi connectivity index (χ4n) is 1.37. The number of carbonyl (C=O) groups excluding carboxylic acids is 2. The third-order valence-electron chi connectivity index (χ3n) is 2.09. The molecule has 0 aromatic carbocycles. The molecule has 74 valence electrons. The van der Waals surface area contributed by atoms with Crippen molar-refractivity contribution in [1.29, 1.82) is 0 Å². The Labute approximate surface area is 77.0 Å². The highest BCUT2D eigenvalue weighted by atomic mass is 16.5. The second-order valence-corrected chi connectivity index (χ2v) is 3.00. The maximum absolute atomic E-state index is 11.2. The molecular formula is C8H14N2O3. The minimum Gasteiger partial charge on any atom is -0.383 e. The predicted octanol–water partition coefficient (Wildman–Crippen LogP) is -0.0368. The van der Waals surface area contributed by atoms with E-state index in [1.165, 1.54) is 4.90 Å². The molecule has 5 heteroatoms. The highest BCUT2D eigenvalue weighted by Gasteiger charge is 2.31. The molecule has 0 radical (unpaired) electrons. The van der Waals surface area contributed by atoms with E-state index in [1.807, 2.05) is 6.92 Å². The minimum atomic E-state index is -0.311. The summed E-state index contributed by atoms with van der Waals surface area (Å²) < 4.78 is 4.96. The maximum Gasteiger partial charge on any atom is 0.324 e. The van der Waals surface area contributed by atoms with Crippen LogP contribution in [0.2, 0.25) is 0 Å². The first kappa shape index (κ1) is 9.98. The van der Waals surface area contributed by atoms with Crippen molar-refractivity contribution in [1.82, 2.24) is 10.2 Å². The Hall–Kier alpha value is -1.10. The zero-order valence-corrected chi connectivity index (χ0v) is 7.87. The Kier molecular flexibility index (Phi) is 3.25. The van der Waals surface area contributed by atoms with Crippen molar-refractivity contribution in [3.8, 4) is 0 Å². The number of ether oxygens (including phenoxy) is 1. The SMILES string of the molecule is CCC(COC)N1CC(=O)NC1=O. The smallest absolute Gasteiger partial charge is 0.324 e. The largest absolute Gasteiger partial charge is 0.383 e. The van der Waals surface area contributed by atoms with Crippen molar-refractivity contribution >= 4 is 11.9 Å². The number of methoxy groups -OCH3 is 1. The summed E-state index contributed by atoms with van der Waals surface area (Å²) in [6, 6.07) is -0.314. The zero-order valence-electron chi connectivity index (χ0n) is 7.87. The van der Waals surface area contributed by atoms with E-state index in [-0.39, 0.29) is 24.5 Å². The van der Waals surface area contributed by atoms with Gasteiger partial charge in [0.05, 0.1) is 12.6 Å². The van der Waals surface area contributed by atoms with Gasteiger partial charge in [0, 0.05) is 7.11 Å². The summed E-state index contributed by atoms with van der Waals surface area (Å²) in [6.45, 7) is 2.58. The number of carbonyl (C=O) groups is 2. The van der Waals surface area contributed by atoms with Gasteiger partial charge in [-0.05, 0) is 6.42 Å². The van der Waals surface area contributed by atoms with Crippen LogP contribution < -0.4 is 5.32 Å². The van der Waals surface area contributed by atoms with Crippen LogP contribution in [0.5, 0.6) is 0 Å². The summed E-state index contributed by atoms with van der Waals surface area (Å²) in [6.07, 6.45) is 0.786. The molecule has 5 nitrogen and oxygen atoms in total. The molecule has 1 aliphatic rings. The van der Waals surface area contributed by atoms with Crippen LogP contribution in [-0.4, -0.2) is 43.1 Å². The van der Waals surface area contributed by atoms with E-state index in [1.54, 1.807) is 7.11 Å². The number of amides is 3. The van der Waals surface area contributed by atoms with Crippen LogP contribution >= 0.6 is 0 Å². The average Bonchev–Trinajstić information content (AvgIpc) is 2.41. The second-order valence-electron chi connectivity index (χ2n) is 3.00. The van der Waals surface area contributed by atoms with E-state index in [4.69, 9.17) is 4.74 Å². The first-order chi connectivity index (χ1) is 6.19. The van der Waals surface area contributed by atoms with Crippen molar-refractivity contribution in [2.24, 2.45) is 0 Å². The molecule has 1 saturated heterocycles. The molecule has 1 heterocycles. The third-order valence-corrected chi connectivity index (χ3v) is 2.09. The van der Waals surface area contributed by atoms with Gasteiger partial charge in [-0.15, -0.1) is 0 Å². The van der Waals surface area contributed by atoms with Crippen LogP contribution in [0.15, 0.2) is 0 Å². The Morgan fingerprint density at radius 2 is 2.31 bits per heavy atom. The Morgan fingerprint density at radius 1 is 1.62 bits per heavy atom. The molecule has 1 unspecified atom stereocenters. The molecule has 0 aromatic rings. The van der Waals surface area contributed by atoms with Gasteiger partial charge in [-0.3, -0.25) is 10.1 Å². The van der Waals surface area contributed by atoms with E-state index in [2.05, 4.69) is 5.32 Å². The van der Waals surface area contributed by atoms with Crippen molar-refractivity contribution < 1.29 is 14.3 Å². The number of rotatable bonds is 4. The maximum atomic E-state index is 11.2. The summed E-state index contributed by atoms with van der Waals surface area (Å²) in [5.74, 6) is -0.237. The first-order valence-corrected chi connectivity index (χ1v) is 4.28. The van der Waals surface area contributed by atoms with Crippen LogP contribution in [-0.2, 0) is 9.53 Å².